The summed E-state index contributed by atoms with van der Waals surface area (Å²) in [4.78, 5) is 11.1. The van der Waals surface area contributed by atoms with Crippen LogP contribution in [0.1, 0.15) is 12.5 Å². The first-order chi connectivity index (χ1) is 9.40. The molecular formula is C13H14N2O3S2. The predicted octanol–water partition coefficient (Wildman–Crippen LogP) is 2.82. The minimum absolute atomic E-state index is 0.202. The molecule has 0 bridgehead atoms. The zero-order chi connectivity index (χ0) is 14.8. The maximum absolute atomic E-state index is 12.2. The highest BCUT2D eigenvalue weighted by Gasteiger charge is 2.17. The van der Waals surface area contributed by atoms with Crippen molar-refractivity contribution >= 4 is 38.6 Å². The summed E-state index contributed by atoms with van der Waals surface area (Å²) in [6, 6.07) is 8.29. The van der Waals surface area contributed by atoms with Gasteiger partial charge < -0.3 is 5.32 Å². The van der Waals surface area contributed by atoms with E-state index in [-0.39, 0.29) is 10.1 Å². The van der Waals surface area contributed by atoms with Crippen molar-refractivity contribution in [2.45, 2.75) is 18.1 Å². The van der Waals surface area contributed by atoms with Crippen molar-refractivity contribution in [3.63, 3.8) is 0 Å². The Labute approximate surface area is 121 Å². The van der Waals surface area contributed by atoms with Crippen molar-refractivity contribution in [2.75, 3.05) is 10.0 Å². The van der Waals surface area contributed by atoms with Gasteiger partial charge in [-0.05, 0) is 36.1 Å². The molecule has 0 atom stereocenters. The lowest BCUT2D eigenvalue weighted by molar-refractivity contribution is -0.114. The topological polar surface area (TPSA) is 75.3 Å². The van der Waals surface area contributed by atoms with Gasteiger partial charge in [-0.15, -0.1) is 11.3 Å². The Kier molecular flexibility index (Phi) is 4.10. The number of sulfonamides is 1. The monoisotopic (exact) mass is 310 g/mol. The number of benzene rings is 1. The van der Waals surface area contributed by atoms with Gasteiger partial charge in [-0.1, -0.05) is 12.1 Å². The Hall–Kier alpha value is -1.86. The zero-order valence-electron chi connectivity index (χ0n) is 11.0. The van der Waals surface area contributed by atoms with E-state index < -0.39 is 10.0 Å². The first kappa shape index (κ1) is 14.5. The van der Waals surface area contributed by atoms with E-state index in [9.17, 15) is 13.2 Å². The normalized spacial score (nSPS) is 11.1. The SMILES string of the molecule is CC(=O)Nc1cccc(NS(=O)(=O)c2cccs2)c1C. The molecule has 0 unspecified atom stereocenters. The molecular weight excluding hydrogens is 296 g/mol. The number of amides is 1. The summed E-state index contributed by atoms with van der Waals surface area (Å²) in [5.74, 6) is -0.202. The number of rotatable bonds is 4. The molecule has 0 aliphatic carbocycles. The van der Waals surface area contributed by atoms with Crippen LogP contribution in [0, 0.1) is 6.92 Å². The lowest BCUT2D eigenvalue weighted by Gasteiger charge is -2.13. The largest absolute Gasteiger partial charge is 0.326 e. The molecule has 0 aliphatic rings. The Bertz CT molecular complexity index is 722. The first-order valence-corrected chi connectivity index (χ1v) is 8.20. The van der Waals surface area contributed by atoms with Gasteiger partial charge in [-0.3, -0.25) is 9.52 Å². The van der Waals surface area contributed by atoms with Crippen molar-refractivity contribution in [1.82, 2.24) is 0 Å². The van der Waals surface area contributed by atoms with Gasteiger partial charge in [0.05, 0.1) is 5.69 Å². The Morgan fingerprint density at radius 2 is 1.85 bits per heavy atom. The van der Waals surface area contributed by atoms with Crippen LogP contribution in [-0.2, 0) is 14.8 Å². The third-order valence-corrected chi connectivity index (χ3v) is 5.41. The Morgan fingerprint density at radius 3 is 2.45 bits per heavy atom. The summed E-state index contributed by atoms with van der Waals surface area (Å²) < 4.78 is 27.1. The summed E-state index contributed by atoms with van der Waals surface area (Å²) >= 11 is 1.15. The van der Waals surface area contributed by atoms with Crippen molar-refractivity contribution in [1.29, 1.82) is 0 Å². The summed E-state index contributed by atoms with van der Waals surface area (Å²) in [7, 11) is -3.58. The van der Waals surface area contributed by atoms with Gasteiger partial charge >= 0.3 is 0 Å². The van der Waals surface area contributed by atoms with Crippen LogP contribution in [-0.4, -0.2) is 14.3 Å². The second-order valence-electron chi connectivity index (χ2n) is 4.20. The molecule has 1 amide bonds. The molecule has 2 rings (SSSR count). The molecule has 2 aromatic rings. The molecule has 5 nitrogen and oxygen atoms in total. The van der Waals surface area contributed by atoms with E-state index in [0.717, 1.165) is 11.3 Å². The fourth-order valence-electron chi connectivity index (χ4n) is 1.68. The molecule has 7 heteroatoms. The molecule has 0 aliphatic heterocycles. The fourth-order valence-corrected chi connectivity index (χ4v) is 3.80. The van der Waals surface area contributed by atoms with Gasteiger partial charge in [0, 0.05) is 12.6 Å². The summed E-state index contributed by atoms with van der Waals surface area (Å²) in [5.41, 5.74) is 1.70. The van der Waals surface area contributed by atoms with E-state index in [1.54, 1.807) is 42.6 Å². The van der Waals surface area contributed by atoms with Gasteiger partial charge in [-0.25, -0.2) is 8.42 Å². The average molecular weight is 310 g/mol. The number of thiophene rings is 1. The van der Waals surface area contributed by atoms with Crippen LogP contribution in [0.5, 0.6) is 0 Å². The van der Waals surface area contributed by atoms with Crippen LogP contribution in [0.2, 0.25) is 0 Å². The van der Waals surface area contributed by atoms with Gasteiger partial charge in [0.1, 0.15) is 4.21 Å². The van der Waals surface area contributed by atoms with Gasteiger partial charge in [-0.2, -0.15) is 0 Å². The van der Waals surface area contributed by atoms with Crippen LogP contribution in [0.25, 0.3) is 0 Å². The molecule has 0 fully saturated rings. The Balaban J connectivity index is 2.33. The highest BCUT2D eigenvalue weighted by Crippen LogP contribution is 2.26. The van der Waals surface area contributed by atoms with Gasteiger partial charge in [0.25, 0.3) is 10.0 Å². The second kappa shape index (κ2) is 5.64. The van der Waals surface area contributed by atoms with Crippen LogP contribution in [0.3, 0.4) is 0 Å². The van der Waals surface area contributed by atoms with Crippen molar-refractivity contribution in [2.24, 2.45) is 0 Å². The molecule has 0 radical (unpaired) electrons. The van der Waals surface area contributed by atoms with E-state index in [1.807, 2.05) is 0 Å². The molecule has 0 saturated heterocycles. The zero-order valence-corrected chi connectivity index (χ0v) is 12.6. The molecule has 20 heavy (non-hydrogen) atoms. The van der Waals surface area contributed by atoms with Crippen molar-refractivity contribution < 1.29 is 13.2 Å². The minimum atomic E-state index is -3.58. The summed E-state index contributed by atoms with van der Waals surface area (Å²) in [6.45, 7) is 3.15. The highest BCUT2D eigenvalue weighted by molar-refractivity contribution is 7.94. The summed E-state index contributed by atoms with van der Waals surface area (Å²) in [5, 5.41) is 4.37. The maximum atomic E-state index is 12.2. The van der Waals surface area contributed by atoms with Crippen LogP contribution >= 0.6 is 11.3 Å². The van der Waals surface area contributed by atoms with E-state index in [1.165, 1.54) is 6.92 Å². The average Bonchev–Trinajstić information content (AvgIpc) is 2.88. The number of hydrogen-bond donors (Lipinski definition) is 2. The predicted molar refractivity (Wildman–Crippen MR) is 80.6 cm³/mol. The number of anilines is 2. The number of hydrogen-bond acceptors (Lipinski definition) is 4. The first-order valence-electron chi connectivity index (χ1n) is 5.83. The van der Waals surface area contributed by atoms with Crippen LogP contribution < -0.4 is 10.0 Å². The molecule has 0 spiro atoms. The third kappa shape index (κ3) is 3.17. The lowest BCUT2D eigenvalue weighted by Crippen LogP contribution is -2.14. The molecule has 1 heterocycles. The number of nitrogens with one attached hydrogen (secondary N) is 2. The van der Waals surface area contributed by atoms with Crippen LogP contribution in [0.15, 0.2) is 39.9 Å². The summed E-state index contributed by atoms with van der Waals surface area (Å²) in [6.07, 6.45) is 0. The standard InChI is InChI=1S/C13H14N2O3S2/c1-9-11(14-10(2)16)5-3-6-12(9)15-20(17,18)13-7-4-8-19-13/h3-8,15H,1-2H3,(H,14,16). The molecule has 2 N–H and O–H groups in total. The van der Waals surface area contributed by atoms with E-state index in [4.69, 9.17) is 0 Å². The Morgan fingerprint density at radius 1 is 1.15 bits per heavy atom. The second-order valence-corrected chi connectivity index (χ2v) is 7.05. The number of carbonyl (C=O) groups is 1. The quantitative estimate of drug-likeness (QED) is 0.912. The fraction of sp³-hybridized carbons (Fsp3) is 0.154. The lowest BCUT2D eigenvalue weighted by atomic mass is 10.1. The van der Waals surface area contributed by atoms with Crippen LogP contribution in [0.4, 0.5) is 11.4 Å². The highest BCUT2D eigenvalue weighted by atomic mass is 32.2. The van der Waals surface area contributed by atoms with Crippen molar-refractivity contribution in [3.8, 4) is 0 Å². The minimum Gasteiger partial charge on any atom is -0.326 e. The maximum Gasteiger partial charge on any atom is 0.271 e. The third-order valence-electron chi connectivity index (χ3n) is 2.65. The van der Waals surface area contributed by atoms with Crippen molar-refractivity contribution in [3.05, 3.63) is 41.3 Å². The molecule has 1 aromatic heterocycles. The van der Waals surface area contributed by atoms with E-state index in [0.29, 0.717) is 16.9 Å². The molecule has 106 valence electrons. The van der Waals surface area contributed by atoms with Gasteiger partial charge in [0.15, 0.2) is 0 Å². The van der Waals surface area contributed by atoms with E-state index in [2.05, 4.69) is 10.0 Å². The smallest absolute Gasteiger partial charge is 0.271 e. The van der Waals surface area contributed by atoms with Gasteiger partial charge in [0.2, 0.25) is 5.91 Å². The molecule has 0 saturated carbocycles. The molecule has 1 aromatic carbocycles. The number of carbonyl (C=O) groups excluding carboxylic acids is 1. The van der Waals surface area contributed by atoms with E-state index >= 15 is 0 Å².